The molecule has 1 fully saturated rings. The largest absolute Gasteiger partial charge is 0.322 e. The van der Waals surface area contributed by atoms with E-state index in [1.165, 1.54) is 30.3 Å². The fourth-order valence-corrected chi connectivity index (χ4v) is 1.91. The number of hydrogen-bond donors (Lipinski definition) is 2. The van der Waals surface area contributed by atoms with E-state index in [0.717, 1.165) is 0 Å². The van der Waals surface area contributed by atoms with E-state index in [9.17, 15) is 14.0 Å². The molecule has 0 aromatic heterocycles. The third-order valence-electron chi connectivity index (χ3n) is 2.73. The van der Waals surface area contributed by atoms with E-state index in [1.54, 1.807) is 0 Å². The predicted octanol–water partition coefficient (Wildman–Crippen LogP) is 1.44. The summed E-state index contributed by atoms with van der Waals surface area (Å²) in [7, 11) is 0. The highest BCUT2D eigenvalue weighted by Gasteiger charge is 2.46. The maximum absolute atomic E-state index is 12.8. The van der Waals surface area contributed by atoms with Gasteiger partial charge in [-0.25, -0.2) is 9.18 Å². The molecule has 2 rings (SSSR count). The van der Waals surface area contributed by atoms with Crippen molar-refractivity contribution in [3.8, 4) is 0 Å². The van der Waals surface area contributed by atoms with Crippen LogP contribution < -0.4 is 10.6 Å². The van der Waals surface area contributed by atoms with Crippen LogP contribution in [-0.2, 0) is 10.3 Å². The minimum absolute atomic E-state index is 0.246. The van der Waals surface area contributed by atoms with Crippen LogP contribution >= 0.6 is 0 Å². The van der Waals surface area contributed by atoms with E-state index in [1.807, 2.05) is 0 Å². The number of rotatable bonds is 3. The molecule has 17 heavy (non-hydrogen) atoms. The molecule has 1 saturated heterocycles. The molecule has 3 amide bonds. The molecule has 88 valence electrons. The summed E-state index contributed by atoms with van der Waals surface area (Å²) in [6.45, 7) is 3.57. The van der Waals surface area contributed by atoms with Crippen LogP contribution in [0.5, 0.6) is 0 Å². The molecule has 1 aromatic rings. The zero-order valence-corrected chi connectivity index (χ0v) is 9.00. The van der Waals surface area contributed by atoms with Gasteiger partial charge in [0.25, 0.3) is 5.91 Å². The fourth-order valence-electron chi connectivity index (χ4n) is 1.91. The van der Waals surface area contributed by atoms with Crippen LogP contribution in [0.1, 0.15) is 12.0 Å². The summed E-state index contributed by atoms with van der Waals surface area (Å²) in [5.41, 5.74) is -0.644. The predicted molar refractivity (Wildman–Crippen MR) is 59.6 cm³/mol. The summed E-state index contributed by atoms with van der Waals surface area (Å²) in [5, 5.41) is 4.74. The number of carbonyl (C=O) groups is 2. The maximum Gasteiger partial charge on any atom is 0.322 e. The number of halogens is 1. The third kappa shape index (κ3) is 1.80. The standard InChI is InChI=1S/C12H11FN2O2/c1-2-7-12(10(16)14-11(17)15-12)8-3-5-9(13)6-4-8/h2-6H,1,7H2,(H2,14,15,16,17). The van der Waals surface area contributed by atoms with Gasteiger partial charge in [0.2, 0.25) is 0 Å². The molecule has 0 radical (unpaired) electrons. The highest BCUT2D eigenvalue weighted by Crippen LogP contribution is 2.29. The minimum Gasteiger partial charge on any atom is -0.319 e. The minimum atomic E-state index is -1.17. The average Bonchev–Trinajstić information content (AvgIpc) is 2.56. The van der Waals surface area contributed by atoms with Crippen molar-refractivity contribution < 1.29 is 14.0 Å². The van der Waals surface area contributed by atoms with Crippen molar-refractivity contribution in [1.82, 2.24) is 10.6 Å². The highest BCUT2D eigenvalue weighted by atomic mass is 19.1. The molecule has 1 atom stereocenters. The van der Waals surface area contributed by atoms with Crippen LogP contribution in [0.25, 0.3) is 0 Å². The number of benzene rings is 1. The monoisotopic (exact) mass is 234 g/mol. The average molecular weight is 234 g/mol. The molecule has 1 aliphatic rings. The Balaban J connectivity index is 2.48. The number of hydrogen-bond acceptors (Lipinski definition) is 2. The Labute approximate surface area is 97.5 Å². The highest BCUT2D eigenvalue weighted by molar-refractivity contribution is 6.07. The van der Waals surface area contributed by atoms with Gasteiger partial charge >= 0.3 is 6.03 Å². The van der Waals surface area contributed by atoms with Crippen LogP contribution in [0.15, 0.2) is 36.9 Å². The second-order valence-corrected chi connectivity index (χ2v) is 3.81. The van der Waals surface area contributed by atoms with Crippen molar-refractivity contribution in [3.63, 3.8) is 0 Å². The molecule has 1 heterocycles. The van der Waals surface area contributed by atoms with Gasteiger partial charge in [-0.3, -0.25) is 10.1 Å². The van der Waals surface area contributed by atoms with Crippen molar-refractivity contribution >= 4 is 11.9 Å². The van der Waals surface area contributed by atoms with E-state index < -0.39 is 23.3 Å². The molecule has 0 saturated carbocycles. The normalized spacial score (nSPS) is 23.1. The number of amides is 3. The van der Waals surface area contributed by atoms with Crippen molar-refractivity contribution in [2.24, 2.45) is 0 Å². The van der Waals surface area contributed by atoms with Crippen molar-refractivity contribution in [1.29, 1.82) is 0 Å². The first kappa shape index (κ1) is 11.3. The van der Waals surface area contributed by atoms with E-state index in [4.69, 9.17) is 0 Å². The number of imide groups is 1. The fraction of sp³-hybridized carbons (Fsp3) is 0.167. The van der Waals surface area contributed by atoms with Gasteiger partial charge in [-0.05, 0) is 17.7 Å². The Kier molecular flexibility index (Phi) is 2.67. The number of nitrogens with one attached hydrogen (secondary N) is 2. The molecule has 0 aliphatic carbocycles. The van der Waals surface area contributed by atoms with E-state index >= 15 is 0 Å². The zero-order chi connectivity index (χ0) is 12.5. The van der Waals surface area contributed by atoms with Gasteiger partial charge in [0.15, 0.2) is 0 Å². The third-order valence-corrected chi connectivity index (χ3v) is 2.73. The molecule has 1 unspecified atom stereocenters. The Morgan fingerprint density at radius 3 is 2.41 bits per heavy atom. The summed E-state index contributed by atoms with van der Waals surface area (Å²) in [6.07, 6.45) is 1.78. The Morgan fingerprint density at radius 2 is 1.94 bits per heavy atom. The zero-order valence-electron chi connectivity index (χ0n) is 9.00. The van der Waals surface area contributed by atoms with Crippen LogP contribution in [0.4, 0.5) is 9.18 Å². The summed E-state index contributed by atoms with van der Waals surface area (Å²) in [5.74, 6) is -0.846. The molecular formula is C12H11FN2O2. The van der Waals surface area contributed by atoms with E-state index in [-0.39, 0.29) is 6.42 Å². The van der Waals surface area contributed by atoms with Crippen molar-refractivity contribution in [2.75, 3.05) is 0 Å². The molecule has 5 heteroatoms. The first-order valence-electron chi connectivity index (χ1n) is 5.09. The molecule has 0 spiro atoms. The molecule has 0 bridgehead atoms. The smallest absolute Gasteiger partial charge is 0.319 e. The lowest BCUT2D eigenvalue weighted by Gasteiger charge is -2.24. The topological polar surface area (TPSA) is 58.2 Å². The number of urea groups is 1. The van der Waals surface area contributed by atoms with Gasteiger partial charge in [0.1, 0.15) is 11.4 Å². The van der Waals surface area contributed by atoms with Crippen LogP contribution in [0, 0.1) is 5.82 Å². The lowest BCUT2D eigenvalue weighted by molar-refractivity contribution is -0.124. The second kappa shape index (κ2) is 4.01. The molecule has 1 aliphatic heterocycles. The maximum atomic E-state index is 12.8. The molecule has 1 aromatic carbocycles. The second-order valence-electron chi connectivity index (χ2n) is 3.81. The Hall–Kier alpha value is -2.17. The van der Waals surface area contributed by atoms with Gasteiger partial charge in [0, 0.05) is 6.42 Å². The van der Waals surface area contributed by atoms with Gasteiger partial charge in [-0.2, -0.15) is 0 Å². The molecule has 2 N–H and O–H groups in total. The van der Waals surface area contributed by atoms with Crippen molar-refractivity contribution in [3.05, 3.63) is 48.3 Å². The molecule has 4 nitrogen and oxygen atoms in total. The summed E-state index contributed by atoms with van der Waals surface area (Å²) in [6, 6.07) is 4.89. The SMILES string of the molecule is C=CCC1(c2ccc(F)cc2)NC(=O)NC1=O. The van der Waals surface area contributed by atoms with Gasteiger partial charge in [-0.15, -0.1) is 6.58 Å². The first-order valence-corrected chi connectivity index (χ1v) is 5.09. The van der Waals surface area contributed by atoms with E-state index in [2.05, 4.69) is 17.2 Å². The van der Waals surface area contributed by atoms with Crippen LogP contribution in [0.2, 0.25) is 0 Å². The van der Waals surface area contributed by atoms with E-state index in [0.29, 0.717) is 5.56 Å². The summed E-state index contributed by atoms with van der Waals surface area (Å²) < 4.78 is 12.8. The Bertz CT molecular complexity index is 484. The number of carbonyl (C=O) groups excluding carboxylic acids is 2. The van der Waals surface area contributed by atoms with Gasteiger partial charge in [0.05, 0.1) is 0 Å². The van der Waals surface area contributed by atoms with Gasteiger partial charge in [-0.1, -0.05) is 18.2 Å². The van der Waals surface area contributed by atoms with Crippen LogP contribution in [-0.4, -0.2) is 11.9 Å². The first-order chi connectivity index (χ1) is 8.08. The van der Waals surface area contributed by atoms with Gasteiger partial charge < -0.3 is 5.32 Å². The van der Waals surface area contributed by atoms with Crippen molar-refractivity contribution in [2.45, 2.75) is 12.0 Å². The summed E-state index contributed by atoms with van der Waals surface area (Å²) in [4.78, 5) is 23.1. The van der Waals surface area contributed by atoms with Crippen LogP contribution in [0.3, 0.4) is 0 Å². The quantitative estimate of drug-likeness (QED) is 0.614. The lowest BCUT2D eigenvalue weighted by atomic mass is 9.87. The molecular weight excluding hydrogens is 223 g/mol. The summed E-state index contributed by atoms with van der Waals surface area (Å²) >= 11 is 0. The Morgan fingerprint density at radius 1 is 1.29 bits per heavy atom. The lowest BCUT2D eigenvalue weighted by Crippen LogP contribution is -2.43.